The molecule has 204 valence electrons. The molecule has 0 aromatic carbocycles. The minimum atomic E-state index is -1.10. The average Bonchev–Trinajstić information content (AvgIpc) is 2.81. The van der Waals surface area contributed by atoms with Crippen LogP contribution in [0.5, 0.6) is 0 Å². The van der Waals surface area contributed by atoms with E-state index in [2.05, 4.69) is 19.1 Å². The van der Waals surface area contributed by atoms with Gasteiger partial charge in [0.1, 0.15) is 0 Å². The Morgan fingerprint density at radius 1 is 0.571 bits per heavy atom. The van der Waals surface area contributed by atoms with Crippen LogP contribution in [0.25, 0.3) is 0 Å². The fourth-order valence-electron chi connectivity index (χ4n) is 5.41. The van der Waals surface area contributed by atoms with Crippen LogP contribution in [-0.2, 0) is 14.4 Å². The molecule has 0 aliphatic carbocycles. The number of nitrogens with zero attached hydrogens (tertiary/aromatic N) is 1. The van der Waals surface area contributed by atoms with Gasteiger partial charge in [-0.25, -0.2) is 14.4 Å². The van der Waals surface area contributed by atoms with E-state index in [0.29, 0.717) is 32.1 Å². The molecular formula is C28H52NO6+. The minimum absolute atomic E-state index is 0.228. The molecule has 0 aliphatic rings. The maximum Gasteiger partial charge on any atom is 0.362 e. The van der Waals surface area contributed by atoms with E-state index in [9.17, 15) is 29.7 Å². The summed E-state index contributed by atoms with van der Waals surface area (Å²) < 4.78 is -0.402. The van der Waals surface area contributed by atoms with Crippen molar-refractivity contribution in [3.8, 4) is 0 Å². The minimum Gasteiger partial charge on any atom is -0.477 e. The number of allylic oxidation sites excluding steroid dienone is 2. The van der Waals surface area contributed by atoms with Crippen molar-refractivity contribution in [2.45, 2.75) is 142 Å². The molecular weight excluding hydrogens is 446 g/mol. The Morgan fingerprint density at radius 2 is 0.943 bits per heavy atom. The summed E-state index contributed by atoms with van der Waals surface area (Å²) in [6, 6.07) is -3.19. The van der Waals surface area contributed by atoms with Gasteiger partial charge < -0.3 is 15.3 Å². The first-order chi connectivity index (χ1) is 16.7. The van der Waals surface area contributed by atoms with E-state index in [0.717, 1.165) is 12.8 Å². The first-order valence-corrected chi connectivity index (χ1v) is 13.9. The van der Waals surface area contributed by atoms with Gasteiger partial charge in [-0.2, -0.15) is 0 Å². The molecule has 0 rings (SSSR count). The molecule has 0 aromatic rings. The van der Waals surface area contributed by atoms with Crippen LogP contribution < -0.4 is 0 Å². The number of carbonyl (C=O) groups is 3. The molecule has 3 N–H and O–H groups in total. The fourth-order valence-corrected chi connectivity index (χ4v) is 5.41. The van der Waals surface area contributed by atoms with Gasteiger partial charge in [0.15, 0.2) is 18.1 Å². The largest absolute Gasteiger partial charge is 0.477 e. The highest BCUT2D eigenvalue weighted by Gasteiger charge is 2.56. The summed E-state index contributed by atoms with van der Waals surface area (Å²) in [4.78, 5) is 37.5. The predicted octanol–water partition coefficient (Wildman–Crippen LogP) is 6.65. The molecule has 3 unspecified atom stereocenters. The number of hydrogen-bond donors (Lipinski definition) is 3. The summed E-state index contributed by atoms with van der Waals surface area (Å²) in [5, 5.41) is 30.6. The van der Waals surface area contributed by atoms with Gasteiger partial charge in [-0.3, -0.25) is 4.48 Å². The van der Waals surface area contributed by atoms with Crippen LogP contribution in [0.2, 0.25) is 0 Å². The maximum atomic E-state index is 12.5. The van der Waals surface area contributed by atoms with Gasteiger partial charge in [0.25, 0.3) is 0 Å². The normalized spacial score (nSPS) is 16.0. The van der Waals surface area contributed by atoms with Gasteiger partial charge in [0.2, 0.25) is 0 Å². The molecule has 0 saturated carbocycles. The molecule has 0 bridgehead atoms. The summed E-state index contributed by atoms with van der Waals surface area (Å²) in [7, 11) is 0. The second kappa shape index (κ2) is 19.3. The Hall–Kier alpha value is -1.89. The summed E-state index contributed by atoms with van der Waals surface area (Å²) in [5.41, 5.74) is 0. The third-order valence-electron chi connectivity index (χ3n) is 7.09. The molecule has 0 radical (unpaired) electrons. The van der Waals surface area contributed by atoms with Crippen LogP contribution in [-0.4, -0.2) is 62.4 Å². The van der Waals surface area contributed by atoms with E-state index in [1.54, 1.807) is 0 Å². The lowest BCUT2D eigenvalue weighted by Gasteiger charge is -2.50. The second-order valence-corrected chi connectivity index (χ2v) is 9.82. The van der Waals surface area contributed by atoms with Gasteiger partial charge in [-0.15, -0.1) is 0 Å². The molecule has 0 aromatic heterocycles. The predicted molar refractivity (Wildman–Crippen MR) is 140 cm³/mol. The van der Waals surface area contributed by atoms with Gasteiger partial charge in [0.05, 0.1) is 6.54 Å². The third kappa shape index (κ3) is 11.1. The van der Waals surface area contributed by atoms with Crippen LogP contribution in [0.3, 0.4) is 0 Å². The van der Waals surface area contributed by atoms with Crippen molar-refractivity contribution >= 4 is 17.9 Å². The van der Waals surface area contributed by atoms with Crippen LogP contribution in [0.1, 0.15) is 124 Å². The summed E-state index contributed by atoms with van der Waals surface area (Å²) >= 11 is 0. The second-order valence-electron chi connectivity index (χ2n) is 9.82. The Balaban J connectivity index is 5.82. The van der Waals surface area contributed by atoms with Crippen molar-refractivity contribution in [1.82, 2.24) is 0 Å². The van der Waals surface area contributed by atoms with Crippen molar-refractivity contribution in [3.63, 3.8) is 0 Å². The zero-order chi connectivity index (χ0) is 26.7. The van der Waals surface area contributed by atoms with Gasteiger partial charge in [-0.1, -0.05) is 72.0 Å². The summed E-state index contributed by atoms with van der Waals surface area (Å²) in [6.07, 6.45) is 16.3. The topological polar surface area (TPSA) is 112 Å². The van der Waals surface area contributed by atoms with E-state index in [1.807, 2.05) is 20.8 Å². The number of quaternary nitrogens is 1. The number of rotatable bonds is 23. The van der Waals surface area contributed by atoms with Crippen LogP contribution in [0.15, 0.2) is 12.2 Å². The lowest BCUT2D eigenvalue weighted by atomic mass is 9.91. The first-order valence-electron chi connectivity index (χ1n) is 13.9. The van der Waals surface area contributed by atoms with Gasteiger partial charge >= 0.3 is 17.9 Å². The van der Waals surface area contributed by atoms with E-state index in [-0.39, 0.29) is 25.8 Å². The standard InChI is InChI=1S/C28H51NO6/c1-5-9-10-11-12-13-14-15-16-17-18-22-29(23(19-6-2)26(30)31,24(20-7-3)27(32)33)25(21-8-4)28(34)35/h15-16,23-25H,5-14,17-22H2,1-4H3,(H2-,30,31,32,33,34,35)/p+1/b16-15+. The molecule has 0 fully saturated rings. The number of carboxylic acids is 3. The SMILES string of the molecule is CCCCCCCC/C=C/CCC[N+](C(CCC)C(=O)O)(C(CCC)C(=O)O)C(CCC)C(=O)O. The zero-order valence-electron chi connectivity index (χ0n) is 22.7. The van der Waals surface area contributed by atoms with E-state index in [4.69, 9.17) is 0 Å². The molecule has 0 spiro atoms. The Morgan fingerprint density at radius 3 is 1.31 bits per heavy atom. The Bertz CT molecular complexity index is 573. The van der Waals surface area contributed by atoms with Gasteiger partial charge in [0, 0.05) is 25.7 Å². The molecule has 7 heteroatoms. The Labute approximate surface area is 213 Å². The van der Waals surface area contributed by atoms with E-state index >= 15 is 0 Å². The quantitative estimate of drug-likeness (QED) is 0.0826. The molecule has 0 aliphatic heterocycles. The monoisotopic (exact) mass is 498 g/mol. The van der Waals surface area contributed by atoms with E-state index in [1.165, 1.54) is 32.1 Å². The van der Waals surface area contributed by atoms with Crippen LogP contribution in [0.4, 0.5) is 0 Å². The molecule has 0 heterocycles. The summed E-state index contributed by atoms with van der Waals surface area (Å²) in [6.45, 7) is 8.02. The zero-order valence-corrected chi connectivity index (χ0v) is 22.7. The molecule has 0 amide bonds. The van der Waals surface area contributed by atoms with E-state index < -0.39 is 40.5 Å². The maximum absolute atomic E-state index is 12.5. The van der Waals surface area contributed by atoms with Crippen molar-refractivity contribution in [2.75, 3.05) is 6.54 Å². The molecule has 7 nitrogen and oxygen atoms in total. The Kier molecular flexibility index (Phi) is 18.3. The molecule has 0 saturated heterocycles. The highest BCUT2D eigenvalue weighted by Crippen LogP contribution is 2.34. The number of carboxylic acid groups (broad SMARTS) is 3. The van der Waals surface area contributed by atoms with Crippen LogP contribution in [0, 0.1) is 0 Å². The molecule has 3 atom stereocenters. The highest BCUT2D eigenvalue weighted by molar-refractivity contribution is 5.78. The fraction of sp³-hybridized carbons (Fsp3) is 0.821. The van der Waals surface area contributed by atoms with Crippen molar-refractivity contribution in [1.29, 1.82) is 0 Å². The van der Waals surface area contributed by atoms with Crippen molar-refractivity contribution in [3.05, 3.63) is 12.2 Å². The molecule has 35 heavy (non-hydrogen) atoms. The third-order valence-corrected chi connectivity index (χ3v) is 7.09. The lowest BCUT2D eigenvalue weighted by molar-refractivity contribution is -0.973. The van der Waals surface area contributed by atoms with Crippen LogP contribution >= 0.6 is 0 Å². The smallest absolute Gasteiger partial charge is 0.362 e. The average molecular weight is 499 g/mol. The lowest BCUT2D eigenvalue weighted by Crippen LogP contribution is -2.72. The first kappa shape index (κ1) is 33.1. The van der Waals surface area contributed by atoms with Gasteiger partial charge in [-0.05, 0) is 38.5 Å². The number of aliphatic carboxylic acids is 3. The highest BCUT2D eigenvalue weighted by atomic mass is 16.4. The van der Waals surface area contributed by atoms with Crippen molar-refractivity contribution < 1.29 is 34.2 Å². The van der Waals surface area contributed by atoms with Crippen molar-refractivity contribution in [2.24, 2.45) is 0 Å². The summed E-state index contributed by atoms with van der Waals surface area (Å²) in [5.74, 6) is -3.31. The number of hydrogen-bond acceptors (Lipinski definition) is 3. The number of unbranched alkanes of at least 4 members (excludes halogenated alkanes) is 7.